The van der Waals surface area contributed by atoms with Crippen molar-refractivity contribution in [3.63, 3.8) is 0 Å². The zero-order chi connectivity index (χ0) is 14.1. The van der Waals surface area contributed by atoms with Crippen molar-refractivity contribution < 1.29 is 8.78 Å². The van der Waals surface area contributed by atoms with Gasteiger partial charge in [-0.1, -0.05) is 12.1 Å². The molecule has 20 heavy (non-hydrogen) atoms. The number of nitrogens with zero attached hydrogens (tertiary/aromatic N) is 2. The fourth-order valence-corrected chi connectivity index (χ4v) is 2.31. The lowest BCUT2D eigenvalue weighted by atomic mass is 10.1. The quantitative estimate of drug-likeness (QED) is 0.694. The fourth-order valence-electron chi connectivity index (χ4n) is 2.31. The molecule has 1 heterocycles. The van der Waals surface area contributed by atoms with Crippen LogP contribution in [0, 0.1) is 23.0 Å². The van der Waals surface area contributed by atoms with Crippen molar-refractivity contribution in [2.45, 2.75) is 6.54 Å². The highest BCUT2D eigenvalue weighted by Gasteiger charge is 2.11. The minimum atomic E-state index is -0.566. The van der Waals surface area contributed by atoms with Crippen molar-refractivity contribution in [1.29, 1.82) is 5.26 Å². The lowest BCUT2D eigenvalue weighted by Crippen LogP contribution is -2.03. The van der Waals surface area contributed by atoms with Crippen LogP contribution in [-0.2, 0) is 6.54 Å². The van der Waals surface area contributed by atoms with Crippen molar-refractivity contribution in [3.8, 4) is 6.07 Å². The standard InChI is InChI=1S/C16H10F2N2/c17-14-4-2-5-15(18)13(14)10-20-8-7-12-11(9-19)3-1-6-16(12)20/h1-8H,10H2. The highest BCUT2D eigenvalue weighted by Crippen LogP contribution is 2.22. The maximum atomic E-state index is 13.7. The lowest BCUT2D eigenvalue weighted by Gasteiger charge is -2.08. The summed E-state index contributed by atoms with van der Waals surface area (Å²) in [5.41, 5.74) is 1.36. The van der Waals surface area contributed by atoms with Crippen LogP contribution in [0.15, 0.2) is 48.7 Å². The molecule has 2 aromatic carbocycles. The average molecular weight is 268 g/mol. The highest BCUT2D eigenvalue weighted by atomic mass is 19.1. The Morgan fingerprint density at radius 3 is 2.40 bits per heavy atom. The van der Waals surface area contributed by atoms with Gasteiger partial charge in [0, 0.05) is 22.7 Å². The molecule has 0 saturated heterocycles. The van der Waals surface area contributed by atoms with Crippen molar-refractivity contribution in [2.75, 3.05) is 0 Å². The van der Waals surface area contributed by atoms with Gasteiger partial charge in [0.05, 0.1) is 18.2 Å². The van der Waals surface area contributed by atoms with Gasteiger partial charge in [-0.25, -0.2) is 8.78 Å². The van der Waals surface area contributed by atoms with Crippen LogP contribution in [-0.4, -0.2) is 4.57 Å². The van der Waals surface area contributed by atoms with Gasteiger partial charge in [0.2, 0.25) is 0 Å². The summed E-state index contributed by atoms with van der Waals surface area (Å²) in [5.74, 6) is -1.13. The van der Waals surface area contributed by atoms with E-state index in [1.807, 2.05) is 6.07 Å². The van der Waals surface area contributed by atoms with E-state index in [1.54, 1.807) is 29.0 Å². The first kappa shape index (κ1) is 12.4. The van der Waals surface area contributed by atoms with Crippen LogP contribution >= 0.6 is 0 Å². The van der Waals surface area contributed by atoms with Crippen molar-refractivity contribution in [2.24, 2.45) is 0 Å². The Morgan fingerprint density at radius 1 is 1.00 bits per heavy atom. The van der Waals surface area contributed by atoms with Crippen LogP contribution in [0.3, 0.4) is 0 Å². The molecule has 3 rings (SSSR count). The first-order chi connectivity index (χ1) is 9.70. The van der Waals surface area contributed by atoms with Gasteiger partial charge >= 0.3 is 0 Å². The maximum absolute atomic E-state index is 13.7. The Balaban J connectivity index is 2.11. The van der Waals surface area contributed by atoms with Gasteiger partial charge < -0.3 is 4.57 Å². The first-order valence-electron chi connectivity index (χ1n) is 6.11. The Bertz CT molecular complexity index is 808. The Labute approximate surface area is 114 Å². The summed E-state index contributed by atoms with van der Waals surface area (Å²) in [4.78, 5) is 0. The molecule has 0 N–H and O–H groups in total. The topological polar surface area (TPSA) is 28.7 Å². The highest BCUT2D eigenvalue weighted by molar-refractivity contribution is 5.86. The van der Waals surface area contributed by atoms with Crippen LogP contribution in [0.5, 0.6) is 0 Å². The molecule has 0 unspecified atom stereocenters. The van der Waals surface area contributed by atoms with Gasteiger partial charge in [0.15, 0.2) is 0 Å². The molecule has 4 heteroatoms. The van der Waals surface area contributed by atoms with Crippen LogP contribution in [0.1, 0.15) is 11.1 Å². The van der Waals surface area contributed by atoms with Gasteiger partial charge in [0.25, 0.3) is 0 Å². The van der Waals surface area contributed by atoms with E-state index < -0.39 is 11.6 Å². The predicted octanol–water partition coefficient (Wildman–Crippen LogP) is 3.84. The zero-order valence-electron chi connectivity index (χ0n) is 10.5. The van der Waals surface area contributed by atoms with Crippen LogP contribution in [0.4, 0.5) is 8.78 Å². The second-order valence-corrected chi connectivity index (χ2v) is 4.49. The molecule has 2 nitrogen and oxygen atoms in total. The number of halogens is 2. The summed E-state index contributed by atoms with van der Waals surface area (Å²) in [6.45, 7) is 0.0941. The van der Waals surface area contributed by atoms with E-state index in [-0.39, 0.29) is 12.1 Å². The van der Waals surface area contributed by atoms with Crippen molar-refractivity contribution in [3.05, 3.63) is 71.4 Å². The number of benzene rings is 2. The SMILES string of the molecule is N#Cc1cccc2c1ccn2Cc1c(F)cccc1F. The molecule has 0 spiro atoms. The zero-order valence-corrected chi connectivity index (χ0v) is 10.5. The Kier molecular flexibility index (Phi) is 2.96. The summed E-state index contributed by atoms with van der Waals surface area (Å²) >= 11 is 0. The second-order valence-electron chi connectivity index (χ2n) is 4.49. The third kappa shape index (κ3) is 1.94. The summed E-state index contributed by atoms with van der Waals surface area (Å²) in [7, 11) is 0. The molecule has 0 bridgehead atoms. The van der Waals surface area contributed by atoms with Crippen LogP contribution < -0.4 is 0 Å². The van der Waals surface area contributed by atoms with E-state index in [9.17, 15) is 8.78 Å². The maximum Gasteiger partial charge on any atom is 0.131 e. The molecule has 0 atom stereocenters. The first-order valence-corrected chi connectivity index (χ1v) is 6.11. The summed E-state index contributed by atoms with van der Waals surface area (Å²) in [6, 6.07) is 13.0. The molecule has 0 aliphatic carbocycles. The van der Waals surface area contributed by atoms with E-state index >= 15 is 0 Å². The van der Waals surface area contributed by atoms with Gasteiger partial charge in [0.1, 0.15) is 11.6 Å². The molecule has 0 aliphatic heterocycles. The molecule has 0 radical (unpaired) electrons. The Hall–Kier alpha value is -2.67. The van der Waals surface area contributed by atoms with Crippen LogP contribution in [0.25, 0.3) is 10.9 Å². The van der Waals surface area contributed by atoms with Gasteiger partial charge in [-0.3, -0.25) is 0 Å². The Morgan fingerprint density at radius 2 is 1.70 bits per heavy atom. The smallest absolute Gasteiger partial charge is 0.131 e. The largest absolute Gasteiger partial charge is 0.343 e. The molecule has 0 aliphatic rings. The number of aromatic nitrogens is 1. The summed E-state index contributed by atoms with van der Waals surface area (Å²) < 4.78 is 29.1. The number of rotatable bonds is 2. The summed E-state index contributed by atoms with van der Waals surface area (Å²) in [5, 5.41) is 9.83. The number of nitriles is 1. The molecule has 3 aromatic rings. The molecule has 0 saturated carbocycles. The van der Waals surface area contributed by atoms with Gasteiger partial charge in [-0.2, -0.15) is 5.26 Å². The second kappa shape index (κ2) is 4.78. The van der Waals surface area contributed by atoms with E-state index in [0.29, 0.717) is 5.56 Å². The molecular weight excluding hydrogens is 258 g/mol. The van der Waals surface area contributed by atoms with Crippen molar-refractivity contribution >= 4 is 10.9 Å². The van der Waals surface area contributed by atoms with E-state index in [2.05, 4.69) is 6.07 Å². The number of hydrogen-bond acceptors (Lipinski definition) is 1. The molecule has 0 amide bonds. The minimum absolute atomic E-state index is 0.0207. The van der Waals surface area contributed by atoms with Crippen LogP contribution in [0.2, 0.25) is 0 Å². The normalized spacial score (nSPS) is 10.7. The van der Waals surface area contributed by atoms with E-state index in [1.165, 1.54) is 18.2 Å². The predicted molar refractivity (Wildman–Crippen MR) is 72.1 cm³/mol. The van der Waals surface area contributed by atoms with E-state index in [0.717, 1.165) is 10.9 Å². The van der Waals surface area contributed by atoms with E-state index in [4.69, 9.17) is 5.26 Å². The lowest BCUT2D eigenvalue weighted by molar-refractivity contribution is 0.547. The molecule has 0 fully saturated rings. The third-order valence-electron chi connectivity index (χ3n) is 3.32. The van der Waals surface area contributed by atoms with Crippen molar-refractivity contribution in [1.82, 2.24) is 4.57 Å². The fraction of sp³-hybridized carbons (Fsp3) is 0.0625. The number of fused-ring (bicyclic) bond motifs is 1. The van der Waals surface area contributed by atoms with Gasteiger partial charge in [-0.15, -0.1) is 0 Å². The molecule has 98 valence electrons. The minimum Gasteiger partial charge on any atom is -0.343 e. The monoisotopic (exact) mass is 268 g/mol. The molecule has 1 aromatic heterocycles. The van der Waals surface area contributed by atoms with Gasteiger partial charge in [-0.05, 0) is 30.3 Å². The third-order valence-corrected chi connectivity index (χ3v) is 3.32. The summed E-state index contributed by atoms with van der Waals surface area (Å²) in [6.07, 6.45) is 1.73. The number of hydrogen-bond donors (Lipinski definition) is 0. The molecular formula is C16H10F2N2. The average Bonchev–Trinajstić information content (AvgIpc) is 2.86.